The number of fused-ring (bicyclic) bond motifs is 1. The summed E-state index contributed by atoms with van der Waals surface area (Å²) in [5.41, 5.74) is 4.57. The summed E-state index contributed by atoms with van der Waals surface area (Å²) in [6, 6.07) is 17.7. The van der Waals surface area contributed by atoms with Crippen LogP contribution in [0.5, 0.6) is 0 Å². The van der Waals surface area contributed by atoms with E-state index in [2.05, 4.69) is 5.32 Å². The molecule has 6 heteroatoms. The Morgan fingerprint density at radius 2 is 1.78 bits per heavy atom. The Bertz CT molecular complexity index is 1240. The molecule has 0 unspecified atom stereocenters. The maximum absolute atomic E-state index is 13.4. The molecule has 0 spiro atoms. The van der Waals surface area contributed by atoms with Crippen molar-refractivity contribution in [2.24, 2.45) is 0 Å². The van der Waals surface area contributed by atoms with E-state index < -0.39 is 6.10 Å². The largest absolute Gasteiger partial charge is 0.384 e. The normalized spacial score (nSPS) is 15.1. The minimum atomic E-state index is -0.832. The van der Waals surface area contributed by atoms with E-state index in [-0.39, 0.29) is 11.8 Å². The number of carbonyl (C=O) groups excluding carboxylic acids is 2. The van der Waals surface area contributed by atoms with Crippen molar-refractivity contribution in [3.05, 3.63) is 106 Å². The van der Waals surface area contributed by atoms with E-state index >= 15 is 0 Å². The summed E-state index contributed by atoms with van der Waals surface area (Å²) in [7, 11) is 0. The van der Waals surface area contributed by atoms with Gasteiger partial charge in [0, 0.05) is 33.9 Å². The third-order valence-electron chi connectivity index (χ3n) is 5.55. The molecule has 0 saturated carbocycles. The number of rotatable bonds is 3. The highest BCUT2D eigenvalue weighted by atomic mass is 35.5. The lowest BCUT2D eigenvalue weighted by molar-refractivity contribution is 0.0987. The van der Waals surface area contributed by atoms with Gasteiger partial charge in [-0.2, -0.15) is 0 Å². The first-order valence-corrected chi connectivity index (χ1v) is 10.7. The average Bonchev–Trinajstić information content (AvgIpc) is 2.92. The number of carbonyl (C=O) groups is 2. The number of aliphatic hydroxyl groups is 1. The summed E-state index contributed by atoms with van der Waals surface area (Å²) in [6.45, 7) is 4.05. The van der Waals surface area contributed by atoms with Gasteiger partial charge in [0.15, 0.2) is 0 Å². The van der Waals surface area contributed by atoms with Gasteiger partial charge in [0.2, 0.25) is 0 Å². The fourth-order valence-electron chi connectivity index (χ4n) is 3.85. The zero-order chi connectivity index (χ0) is 22.8. The SMILES string of the molecule is Cc1ccccc1C(=O)Nc1ccc(C(=O)N2CC=C[C@@H](O)c3cc(Cl)ccc32)c(C)c1. The first-order valence-electron chi connectivity index (χ1n) is 10.3. The molecule has 3 aromatic rings. The summed E-state index contributed by atoms with van der Waals surface area (Å²) in [6.07, 6.45) is 2.59. The molecule has 2 amide bonds. The molecule has 162 valence electrons. The predicted molar refractivity (Wildman–Crippen MR) is 128 cm³/mol. The van der Waals surface area contributed by atoms with Crippen molar-refractivity contribution in [1.82, 2.24) is 0 Å². The van der Waals surface area contributed by atoms with Crippen LogP contribution >= 0.6 is 11.6 Å². The number of aliphatic hydroxyl groups excluding tert-OH is 1. The number of nitrogens with zero attached hydrogens (tertiary/aromatic N) is 1. The number of halogens is 1. The molecule has 2 N–H and O–H groups in total. The molecule has 4 rings (SSSR count). The van der Waals surface area contributed by atoms with Gasteiger partial charge < -0.3 is 15.3 Å². The number of aryl methyl sites for hydroxylation is 2. The molecule has 0 bridgehead atoms. The molecule has 1 atom stereocenters. The second-order valence-corrected chi connectivity index (χ2v) is 8.23. The minimum Gasteiger partial charge on any atom is -0.384 e. The van der Waals surface area contributed by atoms with Crippen molar-refractivity contribution < 1.29 is 14.7 Å². The number of hydrogen-bond donors (Lipinski definition) is 2. The van der Waals surface area contributed by atoms with Crippen molar-refractivity contribution in [2.45, 2.75) is 20.0 Å². The van der Waals surface area contributed by atoms with Gasteiger partial charge in [-0.05, 0) is 67.4 Å². The highest BCUT2D eigenvalue weighted by molar-refractivity contribution is 6.30. The molecule has 0 aliphatic carbocycles. The fourth-order valence-corrected chi connectivity index (χ4v) is 4.03. The lowest BCUT2D eigenvalue weighted by Gasteiger charge is -2.24. The molecule has 1 heterocycles. The van der Waals surface area contributed by atoms with Crippen LogP contribution in [0.15, 0.2) is 72.8 Å². The zero-order valence-corrected chi connectivity index (χ0v) is 18.6. The highest BCUT2D eigenvalue weighted by Crippen LogP contribution is 2.33. The topological polar surface area (TPSA) is 69.6 Å². The molecular formula is C26H23ClN2O3. The van der Waals surface area contributed by atoms with E-state index in [9.17, 15) is 14.7 Å². The molecule has 1 aliphatic rings. The van der Waals surface area contributed by atoms with Crippen LogP contribution in [0.25, 0.3) is 0 Å². The van der Waals surface area contributed by atoms with Crippen LogP contribution < -0.4 is 10.2 Å². The summed E-state index contributed by atoms with van der Waals surface area (Å²) >= 11 is 6.10. The van der Waals surface area contributed by atoms with E-state index in [4.69, 9.17) is 11.6 Å². The van der Waals surface area contributed by atoms with E-state index in [0.29, 0.717) is 39.6 Å². The maximum atomic E-state index is 13.4. The Labute approximate surface area is 191 Å². The van der Waals surface area contributed by atoms with Crippen LogP contribution in [0.4, 0.5) is 11.4 Å². The molecule has 3 aromatic carbocycles. The Balaban J connectivity index is 1.60. The van der Waals surface area contributed by atoms with Gasteiger partial charge in [0.25, 0.3) is 11.8 Å². The molecule has 0 saturated heterocycles. The van der Waals surface area contributed by atoms with Gasteiger partial charge in [-0.15, -0.1) is 0 Å². The first kappa shape index (κ1) is 21.8. The van der Waals surface area contributed by atoms with E-state index in [0.717, 1.165) is 11.1 Å². The zero-order valence-electron chi connectivity index (χ0n) is 17.8. The Kier molecular flexibility index (Phi) is 6.12. The van der Waals surface area contributed by atoms with Crippen LogP contribution in [-0.4, -0.2) is 23.5 Å². The summed E-state index contributed by atoms with van der Waals surface area (Å²) in [5.74, 6) is -0.388. The minimum absolute atomic E-state index is 0.193. The van der Waals surface area contributed by atoms with E-state index in [1.54, 1.807) is 59.5 Å². The standard InChI is InChI=1S/C26H23ClN2O3/c1-16-6-3-4-7-20(16)25(31)28-19-10-11-21(17(2)14-19)26(32)29-13-5-8-24(30)22-15-18(27)9-12-23(22)29/h3-12,14-15,24,30H,13H2,1-2H3,(H,28,31)/t24-/m1/s1. The molecule has 0 fully saturated rings. The van der Waals surface area contributed by atoms with Crippen molar-refractivity contribution >= 4 is 34.8 Å². The Morgan fingerprint density at radius 1 is 1.00 bits per heavy atom. The number of benzene rings is 3. The van der Waals surface area contributed by atoms with Crippen LogP contribution in [0.3, 0.4) is 0 Å². The summed E-state index contributed by atoms with van der Waals surface area (Å²) < 4.78 is 0. The van der Waals surface area contributed by atoms with Crippen molar-refractivity contribution in [2.75, 3.05) is 16.8 Å². The Morgan fingerprint density at radius 3 is 2.53 bits per heavy atom. The van der Waals surface area contributed by atoms with Crippen molar-refractivity contribution in [1.29, 1.82) is 0 Å². The summed E-state index contributed by atoms with van der Waals surface area (Å²) in [4.78, 5) is 27.7. The maximum Gasteiger partial charge on any atom is 0.258 e. The molecular weight excluding hydrogens is 424 g/mol. The lowest BCUT2D eigenvalue weighted by atomic mass is 10.0. The van der Waals surface area contributed by atoms with Gasteiger partial charge in [0.05, 0.1) is 11.8 Å². The average molecular weight is 447 g/mol. The lowest BCUT2D eigenvalue weighted by Crippen LogP contribution is -2.32. The van der Waals surface area contributed by atoms with Crippen LogP contribution in [0.1, 0.15) is 43.5 Å². The third kappa shape index (κ3) is 4.31. The molecule has 5 nitrogen and oxygen atoms in total. The monoisotopic (exact) mass is 446 g/mol. The van der Waals surface area contributed by atoms with E-state index in [1.807, 2.05) is 32.0 Å². The second-order valence-electron chi connectivity index (χ2n) is 7.79. The smallest absolute Gasteiger partial charge is 0.258 e. The van der Waals surface area contributed by atoms with Crippen LogP contribution in [0.2, 0.25) is 5.02 Å². The molecule has 0 aromatic heterocycles. The highest BCUT2D eigenvalue weighted by Gasteiger charge is 2.25. The van der Waals surface area contributed by atoms with E-state index in [1.165, 1.54) is 0 Å². The van der Waals surface area contributed by atoms with Gasteiger partial charge in [0.1, 0.15) is 0 Å². The van der Waals surface area contributed by atoms with Gasteiger partial charge in [-0.1, -0.05) is 42.0 Å². The second kappa shape index (κ2) is 8.99. The molecule has 1 aliphatic heterocycles. The molecule has 32 heavy (non-hydrogen) atoms. The van der Waals surface area contributed by atoms with Gasteiger partial charge in [-0.25, -0.2) is 0 Å². The van der Waals surface area contributed by atoms with Gasteiger partial charge in [-0.3, -0.25) is 9.59 Å². The number of amides is 2. The first-order chi connectivity index (χ1) is 15.3. The summed E-state index contributed by atoms with van der Waals surface area (Å²) in [5, 5.41) is 13.8. The van der Waals surface area contributed by atoms with Gasteiger partial charge >= 0.3 is 0 Å². The quantitative estimate of drug-likeness (QED) is 0.525. The number of anilines is 2. The van der Waals surface area contributed by atoms with Crippen LogP contribution in [0, 0.1) is 13.8 Å². The van der Waals surface area contributed by atoms with Crippen molar-refractivity contribution in [3.63, 3.8) is 0 Å². The third-order valence-corrected chi connectivity index (χ3v) is 5.79. The Hall–Kier alpha value is -3.41. The molecule has 0 radical (unpaired) electrons. The van der Waals surface area contributed by atoms with Crippen LogP contribution in [-0.2, 0) is 0 Å². The number of nitrogens with one attached hydrogen (secondary N) is 1. The number of hydrogen-bond acceptors (Lipinski definition) is 3. The predicted octanol–water partition coefficient (Wildman–Crippen LogP) is 5.46. The fraction of sp³-hybridized carbons (Fsp3) is 0.154. The van der Waals surface area contributed by atoms with Crippen molar-refractivity contribution in [3.8, 4) is 0 Å².